The Hall–Kier alpha value is -3.16. The standard InChI is InChI=1S/C24H33N7O/c1-25-23(30-13-15-31(16-14-30)24-26-11-6-12-27-24)28-18-19-7-5-10-21(17-19)29-22(32)20-8-3-2-4-9-20/h5-7,10-12,17,20H,2-4,8-9,13-16,18H2,1H3,(H,25,28)(H,29,32). The number of rotatable bonds is 5. The van der Waals surface area contributed by atoms with Crippen LogP contribution >= 0.6 is 0 Å². The van der Waals surface area contributed by atoms with Gasteiger partial charge >= 0.3 is 0 Å². The van der Waals surface area contributed by atoms with Gasteiger partial charge in [0.2, 0.25) is 11.9 Å². The highest BCUT2D eigenvalue weighted by Gasteiger charge is 2.22. The Balaban J connectivity index is 1.28. The summed E-state index contributed by atoms with van der Waals surface area (Å²) in [5, 5.41) is 6.58. The molecule has 8 nitrogen and oxygen atoms in total. The summed E-state index contributed by atoms with van der Waals surface area (Å²) in [6.07, 6.45) is 9.14. The normalized spacial score (nSPS) is 17.8. The molecule has 2 heterocycles. The number of hydrogen-bond donors (Lipinski definition) is 2. The third-order valence-corrected chi connectivity index (χ3v) is 6.25. The Morgan fingerprint density at radius 2 is 1.81 bits per heavy atom. The second kappa shape index (κ2) is 10.9. The van der Waals surface area contributed by atoms with Crippen molar-refractivity contribution in [3.05, 3.63) is 48.3 Å². The second-order valence-electron chi connectivity index (χ2n) is 8.45. The van der Waals surface area contributed by atoms with Gasteiger partial charge in [-0.2, -0.15) is 0 Å². The van der Waals surface area contributed by atoms with Crippen molar-refractivity contribution in [1.82, 2.24) is 20.2 Å². The molecule has 1 saturated heterocycles. The molecule has 0 atom stereocenters. The van der Waals surface area contributed by atoms with Crippen LogP contribution in [0.4, 0.5) is 11.6 Å². The number of aromatic nitrogens is 2. The Bertz CT molecular complexity index is 904. The summed E-state index contributed by atoms with van der Waals surface area (Å²) in [6.45, 7) is 4.08. The van der Waals surface area contributed by atoms with Crippen LogP contribution in [0, 0.1) is 5.92 Å². The number of guanidine groups is 1. The predicted molar refractivity (Wildman–Crippen MR) is 128 cm³/mol. The van der Waals surface area contributed by atoms with Crippen molar-refractivity contribution in [1.29, 1.82) is 0 Å². The number of carbonyl (C=O) groups excluding carboxylic acids is 1. The van der Waals surface area contributed by atoms with E-state index in [4.69, 9.17) is 0 Å². The van der Waals surface area contributed by atoms with Gasteiger partial charge in [0.25, 0.3) is 0 Å². The van der Waals surface area contributed by atoms with Gasteiger partial charge in [0.05, 0.1) is 0 Å². The van der Waals surface area contributed by atoms with E-state index >= 15 is 0 Å². The Kier molecular flexibility index (Phi) is 7.53. The van der Waals surface area contributed by atoms with Gasteiger partial charge in [-0.1, -0.05) is 31.4 Å². The van der Waals surface area contributed by atoms with E-state index in [1.807, 2.05) is 31.3 Å². The summed E-state index contributed by atoms with van der Waals surface area (Å²) in [5.41, 5.74) is 1.98. The van der Waals surface area contributed by atoms with Crippen LogP contribution in [-0.4, -0.2) is 60.0 Å². The fraction of sp³-hybridized carbons (Fsp3) is 0.500. The molecule has 4 rings (SSSR count). The SMILES string of the molecule is CN=C(NCc1cccc(NC(=O)C2CCCCC2)c1)N1CCN(c2ncccn2)CC1. The summed E-state index contributed by atoms with van der Waals surface area (Å²) in [4.78, 5) is 30.2. The molecule has 1 aliphatic heterocycles. The quantitative estimate of drug-likeness (QED) is 0.555. The molecular formula is C24H33N7O. The summed E-state index contributed by atoms with van der Waals surface area (Å²) in [6, 6.07) is 9.91. The van der Waals surface area contributed by atoms with Crippen LogP contribution in [0.25, 0.3) is 0 Å². The van der Waals surface area contributed by atoms with E-state index in [-0.39, 0.29) is 11.8 Å². The highest BCUT2D eigenvalue weighted by atomic mass is 16.1. The van der Waals surface area contributed by atoms with Gasteiger partial charge in [-0.25, -0.2) is 9.97 Å². The molecule has 1 aliphatic carbocycles. The largest absolute Gasteiger partial charge is 0.352 e. The first kappa shape index (κ1) is 22.0. The number of benzene rings is 1. The first-order chi connectivity index (χ1) is 15.7. The van der Waals surface area contributed by atoms with E-state index in [0.717, 1.165) is 75.0 Å². The molecule has 8 heteroatoms. The molecule has 2 fully saturated rings. The van der Waals surface area contributed by atoms with Crippen molar-refractivity contribution in [3.8, 4) is 0 Å². The number of anilines is 2. The van der Waals surface area contributed by atoms with Crippen molar-refractivity contribution in [3.63, 3.8) is 0 Å². The van der Waals surface area contributed by atoms with E-state index in [1.54, 1.807) is 12.4 Å². The zero-order valence-electron chi connectivity index (χ0n) is 18.8. The van der Waals surface area contributed by atoms with Crippen molar-refractivity contribution in [2.24, 2.45) is 10.9 Å². The van der Waals surface area contributed by atoms with Crippen molar-refractivity contribution in [2.75, 3.05) is 43.4 Å². The molecule has 32 heavy (non-hydrogen) atoms. The lowest BCUT2D eigenvalue weighted by atomic mass is 9.88. The molecule has 2 N–H and O–H groups in total. The maximum absolute atomic E-state index is 12.6. The summed E-state index contributed by atoms with van der Waals surface area (Å²) < 4.78 is 0. The molecule has 2 aliphatic rings. The van der Waals surface area contributed by atoms with Crippen molar-refractivity contribution in [2.45, 2.75) is 38.6 Å². The predicted octanol–water partition coefficient (Wildman–Crippen LogP) is 2.89. The minimum atomic E-state index is 0.157. The van der Waals surface area contributed by atoms with E-state index < -0.39 is 0 Å². The Morgan fingerprint density at radius 3 is 2.53 bits per heavy atom. The monoisotopic (exact) mass is 435 g/mol. The van der Waals surface area contributed by atoms with Crippen LogP contribution in [0.1, 0.15) is 37.7 Å². The van der Waals surface area contributed by atoms with Gasteiger partial charge in [0.15, 0.2) is 5.96 Å². The Morgan fingerprint density at radius 1 is 1.06 bits per heavy atom. The van der Waals surface area contributed by atoms with Gasteiger partial charge in [-0.3, -0.25) is 9.79 Å². The smallest absolute Gasteiger partial charge is 0.227 e. The van der Waals surface area contributed by atoms with Crippen LogP contribution in [0.5, 0.6) is 0 Å². The number of hydrogen-bond acceptors (Lipinski definition) is 5. The first-order valence-electron chi connectivity index (χ1n) is 11.6. The lowest BCUT2D eigenvalue weighted by Gasteiger charge is -2.36. The van der Waals surface area contributed by atoms with E-state index in [9.17, 15) is 4.79 Å². The van der Waals surface area contributed by atoms with Crippen LogP contribution in [0.15, 0.2) is 47.7 Å². The zero-order valence-corrected chi connectivity index (χ0v) is 18.8. The molecular weight excluding hydrogens is 402 g/mol. The molecule has 1 saturated carbocycles. The average Bonchev–Trinajstić information content (AvgIpc) is 2.86. The van der Waals surface area contributed by atoms with Gasteiger partial charge in [0, 0.05) is 63.8 Å². The molecule has 1 amide bonds. The third kappa shape index (κ3) is 5.75. The molecule has 0 spiro atoms. The second-order valence-corrected chi connectivity index (χ2v) is 8.45. The lowest BCUT2D eigenvalue weighted by molar-refractivity contribution is -0.120. The fourth-order valence-corrected chi connectivity index (χ4v) is 4.45. The number of nitrogens with zero attached hydrogens (tertiary/aromatic N) is 5. The van der Waals surface area contributed by atoms with Crippen LogP contribution in [0.2, 0.25) is 0 Å². The molecule has 1 aromatic heterocycles. The van der Waals surface area contributed by atoms with Crippen molar-refractivity contribution < 1.29 is 4.79 Å². The zero-order chi connectivity index (χ0) is 22.2. The molecule has 0 bridgehead atoms. The van der Waals surface area contributed by atoms with Crippen LogP contribution < -0.4 is 15.5 Å². The molecule has 2 aromatic rings. The van der Waals surface area contributed by atoms with Gasteiger partial charge in [-0.15, -0.1) is 0 Å². The number of piperazine rings is 1. The molecule has 170 valence electrons. The Labute approximate surface area is 190 Å². The highest BCUT2D eigenvalue weighted by molar-refractivity contribution is 5.92. The van der Waals surface area contributed by atoms with E-state index in [2.05, 4.69) is 41.5 Å². The van der Waals surface area contributed by atoms with Gasteiger partial charge in [0.1, 0.15) is 0 Å². The highest BCUT2D eigenvalue weighted by Crippen LogP contribution is 2.25. The minimum absolute atomic E-state index is 0.157. The van der Waals surface area contributed by atoms with Gasteiger partial charge < -0.3 is 20.4 Å². The minimum Gasteiger partial charge on any atom is -0.352 e. The maximum Gasteiger partial charge on any atom is 0.227 e. The van der Waals surface area contributed by atoms with E-state index in [0.29, 0.717) is 6.54 Å². The number of amides is 1. The first-order valence-corrected chi connectivity index (χ1v) is 11.6. The topological polar surface area (TPSA) is 85.8 Å². The third-order valence-electron chi connectivity index (χ3n) is 6.25. The van der Waals surface area contributed by atoms with Crippen molar-refractivity contribution >= 4 is 23.5 Å². The summed E-state index contributed by atoms with van der Waals surface area (Å²) in [7, 11) is 1.82. The summed E-state index contributed by atoms with van der Waals surface area (Å²) in [5.74, 6) is 1.98. The van der Waals surface area contributed by atoms with Gasteiger partial charge in [-0.05, 0) is 36.6 Å². The number of nitrogens with one attached hydrogen (secondary N) is 2. The molecule has 0 unspecified atom stereocenters. The fourth-order valence-electron chi connectivity index (χ4n) is 4.45. The van der Waals surface area contributed by atoms with Crippen LogP contribution in [-0.2, 0) is 11.3 Å². The molecule has 0 radical (unpaired) electrons. The number of carbonyl (C=O) groups is 1. The maximum atomic E-state index is 12.6. The lowest BCUT2D eigenvalue weighted by Crippen LogP contribution is -2.52. The summed E-state index contributed by atoms with van der Waals surface area (Å²) >= 11 is 0. The van der Waals surface area contributed by atoms with Crippen LogP contribution in [0.3, 0.4) is 0 Å². The molecule has 1 aromatic carbocycles. The average molecular weight is 436 g/mol. The number of aliphatic imine (C=N–C) groups is 1. The van der Waals surface area contributed by atoms with E-state index in [1.165, 1.54) is 6.42 Å².